The number of methoxy groups -OCH3 is 1. The number of rotatable bonds is 5. The molecule has 1 heterocycles. The molecule has 1 aromatic carbocycles. The summed E-state index contributed by atoms with van der Waals surface area (Å²) in [6.07, 6.45) is 2.42. The fourth-order valence-corrected chi connectivity index (χ4v) is 3.52. The zero-order valence-electron chi connectivity index (χ0n) is 13.4. The van der Waals surface area contributed by atoms with Crippen LogP contribution in [0.5, 0.6) is 5.75 Å². The van der Waals surface area contributed by atoms with Crippen LogP contribution < -0.4 is 10.1 Å². The van der Waals surface area contributed by atoms with E-state index in [1.165, 1.54) is 23.5 Å². The molecule has 0 bridgehead atoms. The van der Waals surface area contributed by atoms with E-state index < -0.39 is 20.9 Å². The minimum absolute atomic E-state index is 0.0671. The summed E-state index contributed by atoms with van der Waals surface area (Å²) in [4.78, 5) is 22.7. The lowest BCUT2D eigenvalue weighted by atomic mass is 10.1. The Balaban J connectivity index is 2.12. The molecule has 1 fully saturated rings. The van der Waals surface area contributed by atoms with Gasteiger partial charge in [0.2, 0.25) is 10.0 Å². The molecule has 0 aromatic heterocycles. The van der Waals surface area contributed by atoms with Crippen molar-refractivity contribution in [2.24, 2.45) is 0 Å². The molecule has 0 radical (unpaired) electrons. The van der Waals surface area contributed by atoms with Crippen molar-refractivity contribution in [3.8, 4) is 5.75 Å². The van der Waals surface area contributed by atoms with Gasteiger partial charge in [-0.15, -0.1) is 0 Å². The van der Waals surface area contributed by atoms with E-state index in [1.807, 2.05) is 0 Å². The highest BCUT2D eigenvalue weighted by atomic mass is 32.2. The average Bonchev–Trinajstić information content (AvgIpc) is 2.53. The van der Waals surface area contributed by atoms with E-state index in [4.69, 9.17) is 4.74 Å². The van der Waals surface area contributed by atoms with Crippen molar-refractivity contribution in [3.63, 3.8) is 0 Å². The van der Waals surface area contributed by atoms with Gasteiger partial charge in [-0.1, -0.05) is 0 Å². The van der Waals surface area contributed by atoms with Gasteiger partial charge in [-0.05, 0) is 25.0 Å². The predicted octanol–water partition coefficient (Wildman–Crippen LogP) is 0.757. The van der Waals surface area contributed by atoms with Crippen molar-refractivity contribution in [1.29, 1.82) is 0 Å². The molecule has 1 aliphatic heterocycles. The first-order valence-corrected chi connectivity index (χ1v) is 9.15. The molecule has 1 amide bonds. The van der Waals surface area contributed by atoms with Crippen LogP contribution in [0.2, 0.25) is 0 Å². The maximum absolute atomic E-state index is 12.3. The fourth-order valence-electron chi connectivity index (χ4n) is 2.60. The van der Waals surface area contributed by atoms with Gasteiger partial charge >= 0.3 is 5.69 Å². The van der Waals surface area contributed by atoms with Gasteiger partial charge in [0.15, 0.2) is 5.75 Å². The van der Waals surface area contributed by atoms with Crippen LogP contribution in [0.3, 0.4) is 0 Å². The Hall–Kier alpha value is -2.20. The molecule has 0 aliphatic carbocycles. The zero-order chi connectivity index (χ0) is 17.9. The van der Waals surface area contributed by atoms with Gasteiger partial charge in [0.25, 0.3) is 5.91 Å². The Kier molecular flexibility index (Phi) is 5.40. The molecule has 10 heteroatoms. The monoisotopic (exact) mass is 357 g/mol. The topological polar surface area (TPSA) is 119 Å². The van der Waals surface area contributed by atoms with Gasteiger partial charge in [-0.2, -0.15) is 0 Å². The number of carbonyl (C=O) groups excluding carboxylic acids is 1. The van der Waals surface area contributed by atoms with Crippen LogP contribution in [0.15, 0.2) is 18.2 Å². The number of benzene rings is 1. The lowest BCUT2D eigenvalue weighted by Gasteiger charge is -2.31. The van der Waals surface area contributed by atoms with Crippen LogP contribution in [0.4, 0.5) is 5.69 Å². The van der Waals surface area contributed by atoms with Crippen molar-refractivity contribution < 1.29 is 22.9 Å². The van der Waals surface area contributed by atoms with Crippen molar-refractivity contribution in [2.75, 3.05) is 26.5 Å². The van der Waals surface area contributed by atoms with Crippen LogP contribution >= 0.6 is 0 Å². The fraction of sp³-hybridized carbons (Fsp3) is 0.500. The molecule has 1 aromatic rings. The second-order valence-corrected chi connectivity index (χ2v) is 7.56. The average molecular weight is 357 g/mol. The number of amides is 1. The number of hydrogen-bond donors (Lipinski definition) is 1. The minimum Gasteiger partial charge on any atom is -0.490 e. The van der Waals surface area contributed by atoms with Gasteiger partial charge in [0.1, 0.15) is 0 Å². The van der Waals surface area contributed by atoms with E-state index in [-0.39, 0.29) is 29.6 Å². The number of nitro benzene ring substituents is 1. The third-order valence-corrected chi connectivity index (χ3v) is 5.10. The van der Waals surface area contributed by atoms with Crippen LogP contribution in [0.1, 0.15) is 23.2 Å². The second kappa shape index (κ2) is 7.14. The van der Waals surface area contributed by atoms with Crippen molar-refractivity contribution in [1.82, 2.24) is 9.62 Å². The molecule has 1 N–H and O–H groups in total. The smallest absolute Gasteiger partial charge is 0.311 e. The van der Waals surface area contributed by atoms with Gasteiger partial charge in [-0.25, -0.2) is 12.7 Å². The summed E-state index contributed by atoms with van der Waals surface area (Å²) in [5.74, 6) is -0.418. The third-order valence-electron chi connectivity index (χ3n) is 3.83. The Morgan fingerprint density at radius 2 is 2.17 bits per heavy atom. The Labute approximate surface area is 139 Å². The number of sulfonamides is 1. The first-order chi connectivity index (χ1) is 11.2. The maximum atomic E-state index is 12.3. The second-order valence-electron chi connectivity index (χ2n) is 5.58. The summed E-state index contributed by atoms with van der Waals surface area (Å²) < 4.78 is 29.4. The molecule has 2 rings (SSSR count). The quantitative estimate of drug-likeness (QED) is 0.614. The molecular weight excluding hydrogens is 338 g/mol. The Morgan fingerprint density at radius 3 is 2.75 bits per heavy atom. The van der Waals surface area contributed by atoms with E-state index >= 15 is 0 Å². The first kappa shape index (κ1) is 18.1. The first-order valence-electron chi connectivity index (χ1n) is 7.31. The summed E-state index contributed by atoms with van der Waals surface area (Å²) in [7, 11) is -2.00. The van der Waals surface area contributed by atoms with Crippen molar-refractivity contribution in [2.45, 2.75) is 18.9 Å². The van der Waals surface area contributed by atoms with E-state index in [2.05, 4.69) is 5.32 Å². The number of piperidine rings is 1. The molecule has 0 saturated carbocycles. The largest absolute Gasteiger partial charge is 0.490 e. The van der Waals surface area contributed by atoms with Crippen LogP contribution in [-0.4, -0.2) is 56.1 Å². The summed E-state index contributed by atoms with van der Waals surface area (Å²) in [5.41, 5.74) is -0.175. The highest BCUT2D eigenvalue weighted by Gasteiger charge is 2.27. The van der Waals surface area contributed by atoms with Crippen LogP contribution in [0.25, 0.3) is 0 Å². The van der Waals surface area contributed by atoms with Crippen LogP contribution in [0, 0.1) is 10.1 Å². The highest BCUT2D eigenvalue weighted by Crippen LogP contribution is 2.27. The van der Waals surface area contributed by atoms with Crippen molar-refractivity contribution in [3.05, 3.63) is 33.9 Å². The van der Waals surface area contributed by atoms with E-state index in [9.17, 15) is 23.3 Å². The molecular formula is C14H19N3O6S. The van der Waals surface area contributed by atoms with E-state index in [0.29, 0.717) is 19.4 Å². The minimum atomic E-state index is -3.31. The number of nitro groups is 1. The lowest BCUT2D eigenvalue weighted by molar-refractivity contribution is -0.385. The molecule has 1 atom stereocenters. The number of nitrogens with zero attached hydrogens (tertiary/aromatic N) is 2. The third kappa shape index (κ3) is 4.20. The van der Waals surface area contributed by atoms with Crippen LogP contribution in [-0.2, 0) is 10.0 Å². The highest BCUT2D eigenvalue weighted by molar-refractivity contribution is 7.88. The Bertz CT molecular complexity index is 749. The SMILES string of the molecule is COc1ccc(C(=O)NC2CCCN(S(C)(=O)=O)C2)cc1[N+](=O)[O-]. The summed E-state index contributed by atoms with van der Waals surface area (Å²) in [6, 6.07) is 3.60. The van der Waals surface area contributed by atoms with Gasteiger partial charge in [0.05, 0.1) is 18.3 Å². The number of hydrogen-bond acceptors (Lipinski definition) is 6. The number of carbonyl (C=O) groups is 1. The molecule has 1 saturated heterocycles. The van der Waals surface area contributed by atoms with Gasteiger partial charge < -0.3 is 10.1 Å². The predicted molar refractivity (Wildman–Crippen MR) is 86.6 cm³/mol. The maximum Gasteiger partial charge on any atom is 0.311 e. The standard InChI is InChI=1S/C14H19N3O6S/c1-23-13-6-5-10(8-12(13)17(19)20)14(18)15-11-4-3-7-16(9-11)24(2,21)22/h5-6,8,11H,3-4,7,9H2,1-2H3,(H,15,18). The molecule has 0 spiro atoms. The lowest BCUT2D eigenvalue weighted by Crippen LogP contribution is -2.49. The molecule has 1 aliphatic rings. The summed E-state index contributed by atoms with van der Waals surface area (Å²) in [6.45, 7) is 0.627. The zero-order valence-corrected chi connectivity index (χ0v) is 14.2. The number of ether oxygens (including phenoxy) is 1. The van der Waals surface area contributed by atoms with E-state index in [0.717, 1.165) is 12.3 Å². The normalized spacial score (nSPS) is 18.8. The van der Waals surface area contributed by atoms with Gasteiger partial charge in [0, 0.05) is 30.8 Å². The molecule has 1 unspecified atom stereocenters. The molecule has 24 heavy (non-hydrogen) atoms. The van der Waals surface area contributed by atoms with Crippen molar-refractivity contribution >= 4 is 21.6 Å². The van der Waals surface area contributed by atoms with E-state index in [1.54, 1.807) is 0 Å². The number of nitrogens with one attached hydrogen (secondary N) is 1. The summed E-state index contributed by atoms with van der Waals surface area (Å²) in [5, 5.41) is 13.8. The van der Waals surface area contributed by atoms with Gasteiger partial charge in [-0.3, -0.25) is 14.9 Å². The summed E-state index contributed by atoms with van der Waals surface area (Å²) >= 11 is 0. The molecule has 9 nitrogen and oxygen atoms in total. The Morgan fingerprint density at radius 1 is 1.46 bits per heavy atom. The molecule has 132 valence electrons.